The lowest BCUT2D eigenvalue weighted by Gasteiger charge is -2.31. The van der Waals surface area contributed by atoms with Crippen LogP contribution in [-0.4, -0.2) is 37.2 Å². The largest absolute Gasteiger partial charge is 0.377 e. The molecule has 2 unspecified atom stereocenters. The Morgan fingerprint density at radius 3 is 3.11 bits per heavy atom. The molecule has 1 aromatic carbocycles. The van der Waals surface area contributed by atoms with Gasteiger partial charge in [0, 0.05) is 36.8 Å². The fourth-order valence-corrected chi connectivity index (χ4v) is 2.73. The van der Waals surface area contributed by atoms with Gasteiger partial charge in [0.1, 0.15) is 5.82 Å². The molecule has 1 saturated heterocycles. The minimum atomic E-state index is -0.252. The molecule has 3 nitrogen and oxygen atoms in total. The lowest BCUT2D eigenvalue weighted by molar-refractivity contribution is 0.0608. The Balaban J connectivity index is 2.25. The van der Waals surface area contributed by atoms with E-state index in [1.54, 1.807) is 12.1 Å². The number of benzene rings is 1. The number of nitrogens with zero attached hydrogens (tertiary/aromatic N) is 1. The van der Waals surface area contributed by atoms with E-state index in [0.717, 1.165) is 26.1 Å². The molecule has 0 radical (unpaired) electrons. The van der Waals surface area contributed by atoms with Gasteiger partial charge in [0.15, 0.2) is 0 Å². The molecule has 5 heteroatoms. The fraction of sp³-hybridized carbons (Fsp3) is 0.571. The summed E-state index contributed by atoms with van der Waals surface area (Å²) in [6, 6.07) is 4.48. The van der Waals surface area contributed by atoms with Crippen molar-refractivity contribution in [1.82, 2.24) is 4.90 Å². The maximum absolute atomic E-state index is 14.0. The number of rotatable bonds is 3. The third-order valence-electron chi connectivity index (χ3n) is 3.46. The Morgan fingerprint density at radius 2 is 2.37 bits per heavy atom. The van der Waals surface area contributed by atoms with Crippen LogP contribution in [0.15, 0.2) is 18.2 Å². The molecule has 0 aliphatic carbocycles. The van der Waals surface area contributed by atoms with Gasteiger partial charge in [-0.25, -0.2) is 4.39 Å². The quantitative estimate of drug-likeness (QED) is 0.928. The van der Waals surface area contributed by atoms with Crippen LogP contribution in [0.4, 0.5) is 4.39 Å². The van der Waals surface area contributed by atoms with Crippen molar-refractivity contribution in [2.45, 2.75) is 25.5 Å². The zero-order chi connectivity index (χ0) is 13.8. The van der Waals surface area contributed by atoms with Crippen LogP contribution in [0.2, 0.25) is 5.02 Å². The van der Waals surface area contributed by atoms with Crippen molar-refractivity contribution in [1.29, 1.82) is 0 Å². The predicted octanol–water partition coefficient (Wildman–Crippen LogP) is 2.59. The zero-order valence-electron chi connectivity index (χ0n) is 11.1. The van der Waals surface area contributed by atoms with Crippen LogP contribution in [0.3, 0.4) is 0 Å². The molecule has 19 heavy (non-hydrogen) atoms. The Kier molecular flexibility index (Phi) is 5.16. The number of nitrogens with two attached hydrogens (primary N) is 1. The first-order valence-corrected chi connectivity index (χ1v) is 7.00. The van der Waals surface area contributed by atoms with Gasteiger partial charge >= 0.3 is 0 Å². The molecule has 0 spiro atoms. The third kappa shape index (κ3) is 3.66. The SMILES string of the molecule is CC1CN(C(CN)c2cc(Cl)ccc2F)CCCO1. The lowest BCUT2D eigenvalue weighted by atomic mass is 10.0. The van der Waals surface area contributed by atoms with E-state index < -0.39 is 0 Å². The van der Waals surface area contributed by atoms with Gasteiger partial charge in [0.05, 0.1) is 12.1 Å². The Morgan fingerprint density at radius 1 is 1.58 bits per heavy atom. The summed E-state index contributed by atoms with van der Waals surface area (Å²) in [5.74, 6) is -0.252. The van der Waals surface area contributed by atoms with Crippen LogP contribution in [0.25, 0.3) is 0 Å². The average Bonchev–Trinajstić information content (AvgIpc) is 2.59. The van der Waals surface area contributed by atoms with Gasteiger partial charge in [-0.2, -0.15) is 0 Å². The van der Waals surface area contributed by atoms with E-state index in [1.165, 1.54) is 6.07 Å². The molecule has 0 aromatic heterocycles. The Labute approximate surface area is 118 Å². The molecular formula is C14H20ClFN2O. The second-order valence-electron chi connectivity index (χ2n) is 4.95. The molecule has 2 atom stereocenters. The van der Waals surface area contributed by atoms with E-state index in [-0.39, 0.29) is 18.0 Å². The van der Waals surface area contributed by atoms with E-state index in [2.05, 4.69) is 4.90 Å². The Bertz CT molecular complexity index is 430. The highest BCUT2D eigenvalue weighted by Gasteiger charge is 2.25. The maximum Gasteiger partial charge on any atom is 0.128 e. The summed E-state index contributed by atoms with van der Waals surface area (Å²) in [6.45, 7) is 4.75. The maximum atomic E-state index is 14.0. The topological polar surface area (TPSA) is 38.5 Å². The summed E-state index contributed by atoms with van der Waals surface area (Å²) in [4.78, 5) is 2.19. The number of hydrogen-bond acceptors (Lipinski definition) is 3. The number of hydrogen-bond donors (Lipinski definition) is 1. The highest BCUT2D eigenvalue weighted by atomic mass is 35.5. The summed E-state index contributed by atoms with van der Waals surface area (Å²) < 4.78 is 19.6. The first-order valence-electron chi connectivity index (χ1n) is 6.62. The second-order valence-corrected chi connectivity index (χ2v) is 5.38. The molecule has 0 saturated carbocycles. The van der Waals surface area contributed by atoms with Crippen molar-refractivity contribution < 1.29 is 9.13 Å². The first kappa shape index (κ1) is 14.7. The fourth-order valence-electron chi connectivity index (χ4n) is 2.55. The van der Waals surface area contributed by atoms with E-state index in [9.17, 15) is 4.39 Å². The van der Waals surface area contributed by atoms with Gasteiger partial charge in [0.25, 0.3) is 0 Å². The summed E-state index contributed by atoms with van der Waals surface area (Å²) in [5, 5.41) is 0.536. The van der Waals surface area contributed by atoms with Crippen LogP contribution < -0.4 is 5.73 Å². The van der Waals surface area contributed by atoms with Crippen molar-refractivity contribution in [3.63, 3.8) is 0 Å². The standard InChI is InChI=1S/C14H20ClFN2O/c1-10-9-18(5-2-6-19-10)14(8-17)12-7-11(15)3-4-13(12)16/h3-4,7,10,14H,2,5-6,8-9,17H2,1H3. The van der Waals surface area contributed by atoms with Crippen molar-refractivity contribution in [3.8, 4) is 0 Å². The smallest absolute Gasteiger partial charge is 0.128 e. The van der Waals surface area contributed by atoms with Gasteiger partial charge in [-0.3, -0.25) is 4.90 Å². The van der Waals surface area contributed by atoms with Gasteiger partial charge in [-0.15, -0.1) is 0 Å². The Hall–Kier alpha value is -0.680. The lowest BCUT2D eigenvalue weighted by Crippen LogP contribution is -2.38. The molecule has 2 N–H and O–H groups in total. The second kappa shape index (κ2) is 6.66. The molecule has 1 aliphatic rings. The van der Waals surface area contributed by atoms with Gasteiger partial charge in [-0.1, -0.05) is 11.6 Å². The summed E-state index contributed by atoms with van der Waals surface area (Å²) in [6.07, 6.45) is 1.07. The van der Waals surface area contributed by atoms with Crippen molar-refractivity contribution in [3.05, 3.63) is 34.6 Å². The molecule has 1 aromatic rings. The summed E-state index contributed by atoms with van der Waals surface area (Å²) >= 11 is 5.97. The first-order chi connectivity index (χ1) is 9.11. The van der Waals surface area contributed by atoms with Gasteiger partial charge in [-0.05, 0) is 31.5 Å². The molecule has 2 rings (SSSR count). The minimum absolute atomic E-state index is 0.138. The summed E-state index contributed by atoms with van der Waals surface area (Å²) in [5.41, 5.74) is 6.43. The van der Waals surface area contributed by atoms with Crippen LogP contribution >= 0.6 is 11.6 Å². The normalized spacial score (nSPS) is 23.1. The van der Waals surface area contributed by atoms with Crippen molar-refractivity contribution >= 4 is 11.6 Å². The molecule has 1 aliphatic heterocycles. The molecule has 106 valence electrons. The van der Waals surface area contributed by atoms with E-state index in [0.29, 0.717) is 17.1 Å². The number of ether oxygens (including phenoxy) is 1. The monoisotopic (exact) mass is 286 g/mol. The van der Waals surface area contributed by atoms with E-state index in [1.807, 2.05) is 6.92 Å². The van der Waals surface area contributed by atoms with E-state index >= 15 is 0 Å². The zero-order valence-corrected chi connectivity index (χ0v) is 11.9. The average molecular weight is 287 g/mol. The molecule has 1 heterocycles. The van der Waals surface area contributed by atoms with Crippen LogP contribution in [0.5, 0.6) is 0 Å². The third-order valence-corrected chi connectivity index (χ3v) is 3.70. The van der Waals surface area contributed by atoms with Crippen molar-refractivity contribution in [2.75, 3.05) is 26.2 Å². The summed E-state index contributed by atoms with van der Waals surface area (Å²) in [7, 11) is 0. The van der Waals surface area contributed by atoms with Crippen molar-refractivity contribution in [2.24, 2.45) is 5.73 Å². The minimum Gasteiger partial charge on any atom is -0.377 e. The molecular weight excluding hydrogens is 267 g/mol. The van der Waals surface area contributed by atoms with E-state index in [4.69, 9.17) is 22.1 Å². The number of halogens is 2. The van der Waals surface area contributed by atoms with Gasteiger partial charge in [0.2, 0.25) is 0 Å². The molecule has 0 bridgehead atoms. The predicted molar refractivity (Wildman–Crippen MR) is 74.8 cm³/mol. The van der Waals surface area contributed by atoms with Crippen LogP contribution in [0, 0.1) is 5.82 Å². The molecule has 1 fully saturated rings. The van der Waals surface area contributed by atoms with Crippen LogP contribution in [0.1, 0.15) is 24.9 Å². The molecule has 0 amide bonds. The van der Waals surface area contributed by atoms with Gasteiger partial charge < -0.3 is 10.5 Å². The highest BCUT2D eigenvalue weighted by molar-refractivity contribution is 6.30. The van der Waals surface area contributed by atoms with Crippen LogP contribution in [-0.2, 0) is 4.74 Å². The highest BCUT2D eigenvalue weighted by Crippen LogP contribution is 2.27.